The molecule has 1 amide bonds. The molecule has 1 heterocycles. The molecule has 1 aromatic rings. The van der Waals surface area contributed by atoms with E-state index in [1.165, 1.54) is 5.06 Å². The first kappa shape index (κ1) is 11.9. The second-order valence-corrected chi connectivity index (χ2v) is 3.94. The van der Waals surface area contributed by atoms with Crippen LogP contribution in [0.25, 0.3) is 0 Å². The quantitative estimate of drug-likeness (QED) is 0.798. The summed E-state index contributed by atoms with van der Waals surface area (Å²) in [6.07, 6.45) is 1.31. The molecule has 92 valence electrons. The van der Waals surface area contributed by atoms with E-state index < -0.39 is 0 Å². The second-order valence-electron chi connectivity index (χ2n) is 3.94. The monoisotopic (exact) mass is 235 g/mol. The van der Waals surface area contributed by atoms with Gasteiger partial charge in [-0.05, 0) is 31.0 Å². The number of rotatable bonds is 4. The largest absolute Gasteiger partial charge is 0.494 e. The molecule has 1 saturated heterocycles. The van der Waals surface area contributed by atoms with Crippen molar-refractivity contribution in [3.05, 3.63) is 29.8 Å². The van der Waals surface area contributed by atoms with Crippen LogP contribution in [0.3, 0.4) is 0 Å². The van der Waals surface area contributed by atoms with Crippen molar-refractivity contribution < 1.29 is 14.4 Å². The Kier molecular flexibility index (Phi) is 3.98. The molecule has 0 saturated carbocycles. The van der Waals surface area contributed by atoms with Crippen molar-refractivity contribution in [2.24, 2.45) is 0 Å². The van der Waals surface area contributed by atoms with Gasteiger partial charge in [0.05, 0.1) is 26.2 Å². The molecule has 0 unspecified atom stereocenters. The number of ether oxygens (including phenoxy) is 1. The molecule has 0 aliphatic carbocycles. The zero-order valence-corrected chi connectivity index (χ0v) is 10.0. The minimum absolute atomic E-state index is 0.0201. The van der Waals surface area contributed by atoms with Gasteiger partial charge in [-0.2, -0.15) is 0 Å². The van der Waals surface area contributed by atoms with Crippen LogP contribution in [-0.2, 0) is 16.1 Å². The predicted molar refractivity (Wildman–Crippen MR) is 63.6 cm³/mol. The molecule has 0 radical (unpaired) electrons. The maximum absolute atomic E-state index is 11.8. The third-order valence-corrected chi connectivity index (χ3v) is 2.62. The molecule has 4 heteroatoms. The molecule has 1 fully saturated rings. The lowest BCUT2D eigenvalue weighted by atomic mass is 10.1. The minimum Gasteiger partial charge on any atom is -0.494 e. The van der Waals surface area contributed by atoms with Crippen molar-refractivity contribution >= 4 is 5.91 Å². The Hall–Kier alpha value is -1.55. The number of carbonyl (C=O) groups is 1. The summed E-state index contributed by atoms with van der Waals surface area (Å²) in [4.78, 5) is 17.0. The Morgan fingerprint density at radius 3 is 2.76 bits per heavy atom. The van der Waals surface area contributed by atoms with Crippen LogP contribution in [0, 0.1) is 0 Å². The maximum Gasteiger partial charge on any atom is 0.250 e. The van der Waals surface area contributed by atoms with Gasteiger partial charge < -0.3 is 4.74 Å². The number of nitrogens with zero attached hydrogens (tertiary/aromatic N) is 1. The lowest BCUT2D eigenvalue weighted by Gasteiger charge is -2.13. The molecule has 17 heavy (non-hydrogen) atoms. The summed E-state index contributed by atoms with van der Waals surface area (Å²) in [5.41, 5.74) is 0.981. The van der Waals surface area contributed by atoms with Gasteiger partial charge in [-0.25, -0.2) is 5.06 Å². The second kappa shape index (κ2) is 5.68. The van der Waals surface area contributed by atoms with Crippen LogP contribution in [0.5, 0.6) is 5.75 Å². The Labute approximate surface area is 101 Å². The number of hydrogen-bond acceptors (Lipinski definition) is 3. The van der Waals surface area contributed by atoms with Crippen LogP contribution in [-0.4, -0.2) is 30.7 Å². The fourth-order valence-electron chi connectivity index (χ4n) is 1.78. The molecule has 0 bridgehead atoms. The molecule has 2 rings (SSSR count). The van der Waals surface area contributed by atoms with E-state index in [0.29, 0.717) is 26.2 Å². The zero-order valence-electron chi connectivity index (χ0n) is 10.0. The summed E-state index contributed by atoms with van der Waals surface area (Å²) < 4.78 is 5.35. The standard InChI is InChI=1S/C13H17NO3/c1-2-16-12-6-4-11(5-7-12)10-13(15)14-8-3-9-17-14/h4-7H,2-3,8-10H2,1H3. The molecule has 0 N–H and O–H groups in total. The van der Waals surface area contributed by atoms with Gasteiger partial charge in [-0.1, -0.05) is 12.1 Å². The molecule has 1 aliphatic rings. The van der Waals surface area contributed by atoms with E-state index in [1.807, 2.05) is 31.2 Å². The molecule has 0 spiro atoms. The van der Waals surface area contributed by atoms with Crippen molar-refractivity contribution in [3.63, 3.8) is 0 Å². The van der Waals surface area contributed by atoms with Crippen molar-refractivity contribution in [2.45, 2.75) is 19.8 Å². The summed E-state index contributed by atoms with van der Waals surface area (Å²) in [5, 5.41) is 1.45. The summed E-state index contributed by atoms with van der Waals surface area (Å²) >= 11 is 0. The van der Waals surface area contributed by atoms with Crippen LogP contribution in [0.15, 0.2) is 24.3 Å². The lowest BCUT2D eigenvalue weighted by molar-refractivity contribution is -0.167. The first-order valence-corrected chi connectivity index (χ1v) is 5.94. The summed E-state index contributed by atoms with van der Waals surface area (Å²) in [6, 6.07) is 7.60. The highest BCUT2D eigenvalue weighted by Gasteiger charge is 2.19. The van der Waals surface area contributed by atoms with Gasteiger partial charge in [-0.3, -0.25) is 9.63 Å². The van der Waals surface area contributed by atoms with Crippen LogP contribution in [0.4, 0.5) is 0 Å². The van der Waals surface area contributed by atoms with E-state index in [-0.39, 0.29) is 5.91 Å². The average molecular weight is 235 g/mol. The number of amides is 1. The van der Waals surface area contributed by atoms with E-state index in [2.05, 4.69) is 0 Å². The van der Waals surface area contributed by atoms with Gasteiger partial charge in [-0.15, -0.1) is 0 Å². The molecular weight excluding hydrogens is 218 g/mol. The Bertz CT molecular complexity index is 369. The molecule has 1 aromatic carbocycles. The third-order valence-electron chi connectivity index (χ3n) is 2.62. The van der Waals surface area contributed by atoms with Crippen molar-refractivity contribution in [3.8, 4) is 5.75 Å². The lowest BCUT2D eigenvalue weighted by Crippen LogP contribution is -2.27. The third kappa shape index (κ3) is 3.20. The zero-order chi connectivity index (χ0) is 12.1. The van der Waals surface area contributed by atoms with Crippen LogP contribution in [0.1, 0.15) is 18.9 Å². The van der Waals surface area contributed by atoms with Crippen molar-refractivity contribution in [1.82, 2.24) is 5.06 Å². The molecule has 0 atom stereocenters. The van der Waals surface area contributed by atoms with Gasteiger partial charge in [0, 0.05) is 0 Å². The number of benzene rings is 1. The van der Waals surface area contributed by atoms with Crippen LogP contribution in [0.2, 0.25) is 0 Å². The number of hydroxylamine groups is 2. The minimum atomic E-state index is 0.0201. The molecule has 0 aromatic heterocycles. The smallest absolute Gasteiger partial charge is 0.250 e. The van der Waals surface area contributed by atoms with Gasteiger partial charge in [0.1, 0.15) is 5.75 Å². The normalized spacial score (nSPS) is 15.0. The Morgan fingerprint density at radius 1 is 1.41 bits per heavy atom. The predicted octanol–water partition coefficient (Wildman–Crippen LogP) is 1.79. The molecule has 4 nitrogen and oxygen atoms in total. The number of carbonyl (C=O) groups excluding carboxylic acids is 1. The van der Waals surface area contributed by atoms with Gasteiger partial charge >= 0.3 is 0 Å². The number of hydrogen-bond donors (Lipinski definition) is 0. The molecule has 1 aliphatic heterocycles. The van der Waals surface area contributed by atoms with Gasteiger partial charge in [0.15, 0.2) is 0 Å². The topological polar surface area (TPSA) is 38.8 Å². The van der Waals surface area contributed by atoms with Gasteiger partial charge in [0.2, 0.25) is 0 Å². The van der Waals surface area contributed by atoms with Crippen LogP contribution >= 0.6 is 0 Å². The molecular formula is C13H17NO3. The van der Waals surface area contributed by atoms with Crippen molar-refractivity contribution in [2.75, 3.05) is 19.8 Å². The summed E-state index contributed by atoms with van der Waals surface area (Å²) in [6.45, 7) is 3.95. The van der Waals surface area contributed by atoms with E-state index >= 15 is 0 Å². The van der Waals surface area contributed by atoms with Crippen molar-refractivity contribution in [1.29, 1.82) is 0 Å². The van der Waals surface area contributed by atoms with E-state index in [0.717, 1.165) is 17.7 Å². The maximum atomic E-state index is 11.8. The SMILES string of the molecule is CCOc1ccc(CC(=O)N2CCCO2)cc1. The highest BCUT2D eigenvalue weighted by molar-refractivity contribution is 5.77. The highest BCUT2D eigenvalue weighted by Crippen LogP contribution is 2.14. The summed E-state index contributed by atoms with van der Waals surface area (Å²) in [5.74, 6) is 0.854. The van der Waals surface area contributed by atoms with E-state index in [1.54, 1.807) is 0 Å². The van der Waals surface area contributed by atoms with E-state index in [9.17, 15) is 4.79 Å². The summed E-state index contributed by atoms with van der Waals surface area (Å²) in [7, 11) is 0. The first-order valence-electron chi connectivity index (χ1n) is 5.94. The van der Waals surface area contributed by atoms with Gasteiger partial charge in [0.25, 0.3) is 5.91 Å². The average Bonchev–Trinajstić information content (AvgIpc) is 2.86. The first-order chi connectivity index (χ1) is 8.29. The Balaban J connectivity index is 1.91. The fourth-order valence-corrected chi connectivity index (χ4v) is 1.78. The fraction of sp³-hybridized carbons (Fsp3) is 0.462. The van der Waals surface area contributed by atoms with Crippen LogP contribution < -0.4 is 4.74 Å². The van der Waals surface area contributed by atoms with E-state index in [4.69, 9.17) is 9.57 Å². The highest BCUT2D eigenvalue weighted by atomic mass is 16.7. The Morgan fingerprint density at radius 2 is 2.18 bits per heavy atom.